The van der Waals surface area contributed by atoms with Crippen LogP contribution in [-0.4, -0.2) is 74.3 Å². The summed E-state index contributed by atoms with van der Waals surface area (Å²) < 4.78 is 32.5. The van der Waals surface area contributed by atoms with Crippen molar-refractivity contribution in [3.05, 3.63) is 70.6 Å². The van der Waals surface area contributed by atoms with Gasteiger partial charge in [0.25, 0.3) is 0 Å². The van der Waals surface area contributed by atoms with Gasteiger partial charge < -0.3 is 9.64 Å². The Bertz CT molecular complexity index is 1170. The van der Waals surface area contributed by atoms with E-state index in [1.54, 1.807) is 6.08 Å². The lowest BCUT2D eigenvalue weighted by Gasteiger charge is -2.38. The standard InChI is InChI=1S/C27H33N3O4S/c31-27(24-8-12-30(13-9-24)35(32,33)19-11-22-4-2-1-3-5-22)29-16-14-28(15-17-29)21-23-6-7-26-25(20-23)10-18-34-26/h1-7,11,19-20,24H,8-10,12-18,21H2/b19-11+. The third-order valence-electron chi connectivity index (χ3n) is 7.24. The highest BCUT2D eigenvalue weighted by molar-refractivity contribution is 7.92. The van der Waals surface area contributed by atoms with Gasteiger partial charge in [0.15, 0.2) is 0 Å². The molecule has 35 heavy (non-hydrogen) atoms. The van der Waals surface area contributed by atoms with Crippen molar-refractivity contribution in [1.82, 2.24) is 14.1 Å². The van der Waals surface area contributed by atoms with Gasteiger partial charge in [-0.1, -0.05) is 42.5 Å². The van der Waals surface area contributed by atoms with Gasteiger partial charge in [-0.15, -0.1) is 0 Å². The molecule has 0 saturated carbocycles. The lowest BCUT2D eigenvalue weighted by Crippen LogP contribution is -2.51. The van der Waals surface area contributed by atoms with Gasteiger partial charge in [0.1, 0.15) is 5.75 Å². The maximum Gasteiger partial charge on any atom is 0.236 e. The van der Waals surface area contributed by atoms with Crippen LogP contribution in [0.2, 0.25) is 0 Å². The summed E-state index contributed by atoms with van der Waals surface area (Å²) in [6.45, 7) is 5.61. The number of sulfonamides is 1. The Morgan fingerprint density at radius 1 is 0.971 bits per heavy atom. The minimum Gasteiger partial charge on any atom is -0.493 e. The Balaban J connectivity index is 1.08. The third kappa shape index (κ3) is 5.77. The van der Waals surface area contributed by atoms with Gasteiger partial charge in [-0.3, -0.25) is 9.69 Å². The Hall–Kier alpha value is -2.68. The molecule has 2 saturated heterocycles. The van der Waals surface area contributed by atoms with E-state index in [1.165, 1.54) is 20.8 Å². The van der Waals surface area contributed by atoms with E-state index in [9.17, 15) is 13.2 Å². The van der Waals surface area contributed by atoms with Gasteiger partial charge in [-0.05, 0) is 41.7 Å². The van der Waals surface area contributed by atoms with Crippen LogP contribution in [0.15, 0.2) is 53.9 Å². The molecular formula is C27H33N3O4S. The van der Waals surface area contributed by atoms with Crippen molar-refractivity contribution in [1.29, 1.82) is 0 Å². The largest absolute Gasteiger partial charge is 0.493 e. The highest BCUT2D eigenvalue weighted by Gasteiger charge is 2.33. The smallest absolute Gasteiger partial charge is 0.236 e. The summed E-state index contributed by atoms with van der Waals surface area (Å²) in [6.07, 6.45) is 3.76. The maximum absolute atomic E-state index is 13.1. The topological polar surface area (TPSA) is 70.2 Å². The lowest BCUT2D eigenvalue weighted by atomic mass is 9.96. The third-order valence-corrected chi connectivity index (χ3v) is 8.80. The van der Waals surface area contributed by atoms with Crippen LogP contribution >= 0.6 is 0 Å². The molecule has 0 unspecified atom stereocenters. The average Bonchev–Trinajstić information content (AvgIpc) is 3.36. The zero-order valence-electron chi connectivity index (χ0n) is 20.0. The number of piperazine rings is 1. The first-order chi connectivity index (χ1) is 17.0. The summed E-state index contributed by atoms with van der Waals surface area (Å²) in [7, 11) is -3.48. The van der Waals surface area contributed by atoms with Crippen molar-refractivity contribution in [2.24, 2.45) is 5.92 Å². The number of carbonyl (C=O) groups is 1. The molecular weight excluding hydrogens is 462 g/mol. The first-order valence-electron chi connectivity index (χ1n) is 12.5. The van der Waals surface area contributed by atoms with Crippen molar-refractivity contribution in [2.75, 3.05) is 45.9 Å². The van der Waals surface area contributed by atoms with Crippen LogP contribution in [0.3, 0.4) is 0 Å². The molecule has 7 nitrogen and oxygen atoms in total. The lowest BCUT2D eigenvalue weighted by molar-refractivity contribution is -0.138. The Morgan fingerprint density at radius 2 is 1.71 bits per heavy atom. The minimum atomic E-state index is -3.48. The fraction of sp³-hybridized carbons (Fsp3) is 0.444. The van der Waals surface area contributed by atoms with Crippen LogP contribution < -0.4 is 4.74 Å². The van der Waals surface area contributed by atoms with Crippen LogP contribution in [0.5, 0.6) is 5.75 Å². The molecule has 0 bridgehead atoms. The Morgan fingerprint density at radius 3 is 2.46 bits per heavy atom. The molecule has 8 heteroatoms. The molecule has 0 aromatic heterocycles. The van der Waals surface area contributed by atoms with Crippen LogP contribution in [0.1, 0.15) is 29.5 Å². The van der Waals surface area contributed by atoms with Gasteiger partial charge in [0.2, 0.25) is 15.9 Å². The predicted octanol–water partition coefficient (Wildman–Crippen LogP) is 2.98. The quantitative estimate of drug-likeness (QED) is 0.616. The number of rotatable bonds is 6. The van der Waals surface area contributed by atoms with E-state index in [0.717, 1.165) is 57.1 Å². The second kappa shape index (κ2) is 10.5. The van der Waals surface area contributed by atoms with Gasteiger partial charge in [0.05, 0.1) is 6.61 Å². The van der Waals surface area contributed by atoms with Crippen molar-refractivity contribution >= 4 is 22.0 Å². The number of hydrogen-bond donors (Lipinski definition) is 0. The number of benzene rings is 2. The summed E-state index contributed by atoms with van der Waals surface area (Å²) in [4.78, 5) is 17.5. The SMILES string of the molecule is O=C(C1CCN(S(=O)(=O)/C=C/c2ccccc2)CC1)N1CCN(Cc2ccc3c(c2)CCO3)CC1. The van der Waals surface area contributed by atoms with Gasteiger partial charge in [0, 0.05) is 63.6 Å². The van der Waals surface area contributed by atoms with Crippen molar-refractivity contribution in [2.45, 2.75) is 25.8 Å². The number of ether oxygens (including phenoxy) is 1. The number of piperidine rings is 1. The molecule has 0 N–H and O–H groups in total. The van der Waals surface area contributed by atoms with E-state index in [1.807, 2.05) is 35.2 Å². The molecule has 3 aliphatic heterocycles. The normalized spacial score (nSPS) is 20.2. The predicted molar refractivity (Wildman–Crippen MR) is 136 cm³/mol. The molecule has 3 heterocycles. The van der Waals surface area contributed by atoms with Gasteiger partial charge in [-0.2, -0.15) is 4.31 Å². The molecule has 0 radical (unpaired) electrons. The molecule has 2 fully saturated rings. The molecule has 1 amide bonds. The van der Waals surface area contributed by atoms with E-state index >= 15 is 0 Å². The second-order valence-electron chi connectivity index (χ2n) is 9.57. The van der Waals surface area contributed by atoms with Crippen LogP contribution in [0, 0.1) is 5.92 Å². The monoisotopic (exact) mass is 495 g/mol. The first kappa shape index (κ1) is 24.0. The molecule has 3 aliphatic rings. The van der Waals surface area contributed by atoms with Crippen LogP contribution in [-0.2, 0) is 27.8 Å². The van der Waals surface area contributed by atoms with Crippen molar-refractivity contribution in [3.8, 4) is 5.75 Å². The van der Waals surface area contributed by atoms with E-state index in [2.05, 4.69) is 23.1 Å². The highest BCUT2D eigenvalue weighted by Crippen LogP contribution is 2.27. The fourth-order valence-corrected chi connectivity index (χ4v) is 6.37. The average molecular weight is 496 g/mol. The van der Waals surface area contributed by atoms with E-state index < -0.39 is 10.0 Å². The number of nitrogens with zero attached hydrogens (tertiary/aromatic N) is 3. The second-order valence-corrected chi connectivity index (χ2v) is 11.4. The number of amides is 1. The van der Waals surface area contributed by atoms with Gasteiger partial charge >= 0.3 is 0 Å². The number of hydrogen-bond acceptors (Lipinski definition) is 5. The highest BCUT2D eigenvalue weighted by atomic mass is 32.2. The maximum atomic E-state index is 13.1. The molecule has 0 atom stereocenters. The van der Waals surface area contributed by atoms with Crippen molar-refractivity contribution in [3.63, 3.8) is 0 Å². The van der Waals surface area contributed by atoms with E-state index in [-0.39, 0.29) is 11.8 Å². The Labute approximate surface area is 208 Å². The minimum absolute atomic E-state index is 0.0946. The summed E-state index contributed by atoms with van der Waals surface area (Å²) in [6, 6.07) is 15.9. The number of fused-ring (bicyclic) bond motifs is 1. The van der Waals surface area contributed by atoms with Crippen molar-refractivity contribution < 1.29 is 17.9 Å². The summed E-state index contributed by atoms with van der Waals surface area (Å²) in [5.41, 5.74) is 3.44. The van der Waals surface area contributed by atoms with Gasteiger partial charge in [-0.25, -0.2) is 8.42 Å². The first-order valence-corrected chi connectivity index (χ1v) is 14.0. The molecule has 5 rings (SSSR count). The Kier molecular flexibility index (Phi) is 7.22. The summed E-state index contributed by atoms with van der Waals surface area (Å²) >= 11 is 0. The molecule has 0 aliphatic carbocycles. The van der Waals surface area contributed by atoms with E-state index in [0.29, 0.717) is 25.9 Å². The zero-order chi connectivity index (χ0) is 24.3. The van der Waals surface area contributed by atoms with E-state index in [4.69, 9.17) is 4.74 Å². The molecule has 2 aromatic carbocycles. The number of carbonyl (C=O) groups excluding carboxylic acids is 1. The summed E-state index contributed by atoms with van der Waals surface area (Å²) in [5, 5.41) is 1.28. The zero-order valence-corrected chi connectivity index (χ0v) is 20.8. The van der Waals surface area contributed by atoms with Crippen LogP contribution in [0.25, 0.3) is 6.08 Å². The summed E-state index contributed by atoms with van der Waals surface area (Å²) in [5.74, 6) is 1.09. The molecule has 0 spiro atoms. The molecule has 186 valence electrons. The van der Waals surface area contributed by atoms with Crippen LogP contribution in [0.4, 0.5) is 0 Å². The fourth-order valence-electron chi connectivity index (χ4n) is 5.15. The molecule has 2 aromatic rings.